The summed E-state index contributed by atoms with van der Waals surface area (Å²) in [4.78, 5) is 0. The first kappa shape index (κ1) is 20.2. The standard InChI is InChI=1S/C34H21NO2/c1-2-10-23(11-3-1)35-29-18-22(19-33-34(29)26-13-5-7-16-31(26)37-33)24-14-8-9-21-17-28-25-12-4-6-15-30(25)36-32(28)20-27(21)24/h1-20,35H. The van der Waals surface area contributed by atoms with Gasteiger partial charge in [-0.1, -0.05) is 72.8 Å². The molecule has 3 heteroatoms. The maximum Gasteiger partial charge on any atom is 0.138 e. The predicted molar refractivity (Wildman–Crippen MR) is 154 cm³/mol. The summed E-state index contributed by atoms with van der Waals surface area (Å²) in [5.74, 6) is 0. The van der Waals surface area contributed by atoms with Crippen molar-refractivity contribution in [2.45, 2.75) is 0 Å². The van der Waals surface area contributed by atoms with Gasteiger partial charge in [-0.25, -0.2) is 0 Å². The summed E-state index contributed by atoms with van der Waals surface area (Å²) in [6.07, 6.45) is 0. The summed E-state index contributed by atoms with van der Waals surface area (Å²) in [5.41, 5.74) is 7.83. The van der Waals surface area contributed by atoms with Gasteiger partial charge in [-0.3, -0.25) is 0 Å². The molecule has 0 saturated carbocycles. The van der Waals surface area contributed by atoms with E-state index in [2.05, 4.69) is 84.2 Å². The molecule has 2 heterocycles. The first-order valence-electron chi connectivity index (χ1n) is 12.4. The highest BCUT2D eigenvalue weighted by molar-refractivity contribution is 6.16. The highest BCUT2D eigenvalue weighted by Gasteiger charge is 2.16. The third-order valence-corrected chi connectivity index (χ3v) is 7.22. The Balaban J connectivity index is 1.40. The fourth-order valence-corrected chi connectivity index (χ4v) is 5.53. The average Bonchev–Trinajstić information content (AvgIpc) is 3.50. The number of anilines is 2. The second kappa shape index (κ2) is 7.74. The minimum absolute atomic E-state index is 0.860. The number of hydrogen-bond acceptors (Lipinski definition) is 3. The van der Waals surface area contributed by atoms with E-state index >= 15 is 0 Å². The zero-order chi connectivity index (χ0) is 24.3. The van der Waals surface area contributed by atoms with Gasteiger partial charge in [-0.2, -0.15) is 0 Å². The maximum absolute atomic E-state index is 6.36. The van der Waals surface area contributed by atoms with E-state index in [-0.39, 0.29) is 0 Å². The molecule has 0 bridgehead atoms. The highest BCUT2D eigenvalue weighted by Crippen LogP contribution is 2.41. The molecule has 0 aliphatic carbocycles. The maximum atomic E-state index is 6.36. The minimum Gasteiger partial charge on any atom is -0.456 e. The Morgan fingerprint density at radius 1 is 0.459 bits per heavy atom. The molecular weight excluding hydrogens is 454 g/mol. The fourth-order valence-electron chi connectivity index (χ4n) is 5.53. The molecule has 3 nitrogen and oxygen atoms in total. The molecule has 0 unspecified atom stereocenters. The van der Waals surface area contributed by atoms with Crippen molar-refractivity contribution in [2.75, 3.05) is 5.32 Å². The summed E-state index contributed by atoms with van der Waals surface area (Å²) in [5, 5.41) is 10.4. The predicted octanol–water partition coefficient (Wildman–Crippen LogP) is 10.0. The Kier molecular flexibility index (Phi) is 4.23. The van der Waals surface area contributed by atoms with Crippen LogP contribution in [0.2, 0.25) is 0 Å². The fraction of sp³-hybridized carbons (Fsp3) is 0. The number of hydrogen-bond donors (Lipinski definition) is 1. The van der Waals surface area contributed by atoms with E-state index in [0.29, 0.717) is 0 Å². The molecule has 8 aromatic rings. The second-order valence-corrected chi connectivity index (χ2v) is 9.46. The molecule has 1 N–H and O–H groups in total. The van der Waals surface area contributed by atoms with Crippen LogP contribution < -0.4 is 5.32 Å². The number of benzene rings is 6. The number of rotatable bonds is 3. The van der Waals surface area contributed by atoms with Crippen LogP contribution in [0.3, 0.4) is 0 Å². The average molecular weight is 476 g/mol. The van der Waals surface area contributed by atoms with Crippen LogP contribution in [-0.2, 0) is 0 Å². The normalized spacial score (nSPS) is 11.8. The Hall–Kier alpha value is -5.02. The van der Waals surface area contributed by atoms with Crippen molar-refractivity contribution < 1.29 is 8.83 Å². The Morgan fingerprint density at radius 3 is 2.05 bits per heavy atom. The first-order chi connectivity index (χ1) is 18.3. The van der Waals surface area contributed by atoms with Gasteiger partial charge in [-0.15, -0.1) is 0 Å². The van der Waals surface area contributed by atoms with E-state index in [4.69, 9.17) is 8.83 Å². The number of nitrogens with one attached hydrogen (secondary N) is 1. The molecule has 0 fully saturated rings. The molecule has 0 spiro atoms. The van der Waals surface area contributed by atoms with Crippen molar-refractivity contribution in [1.82, 2.24) is 0 Å². The lowest BCUT2D eigenvalue weighted by atomic mass is 9.95. The molecule has 174 valence electrons. The van der Waals surface area contributed by atoms with Crippen molar-refractivity contribution in [3.8, 4) is 11.1 Å². The Bertz CT molecular complexity index is 2120. The molecule has 0 radical (unpaired) electrons. The SMILES string of the molecule is c1ccc(Nc2cc(-c3cccc4cc5c(cc34)oc3ccccc35)cc3oc4ccccc4c23)cc1. The zero-order valence-electron chi connectivity index (χ0n) is 19.9. The van der Waals surface area contributed by atoms with E-state index in [9.17, 15) is 0 Å². The monoisotopic (exact) mass is 475 g/mol. The molecule has 0 amide bonds. The van der Waals surface area contributed by atoms with Crippen molar-refractivity contribution in [1.29, 1.82) is 0 Å². The van der Waals surface area contributed by atoms with Gasteiger partial charge < -0.3 is 14.2 Å². The Morgan fingerprint density at radius 2 is 1.19 bits per heavy atom. The summed E-state index contributed by atoms with van der Waals surface area (Å²) in [7, 11) is 0. The van der Waals surface area contributed by atoms with Crippen molar-refractivity contribution in [3.05, 3.63) is 121 Å². The first-order valence-corrected chi connectivity index (χ1v) is 12.4. The Labute approximate surface area is 212 Å². The van der Waals surface area contributed by atoms with Crippen LogP contribution >= 0.6 is 0 Å². The minimum atomic E-state index is 0.860. The number of furan rings is 2. The van der Waals surface area contributed by atoms with Crippen molar-refractivity contribution >= 4 is 66.0 Å². The van der Waals surface area contributed by atoms with Gasteiger partial charge in [0.05, 0.1) is 11.1 Å². The lowest BCUT2D eigenvalue weighted by Gasteiger charge is -2.12. The molecule has 37 heavy (non-hydrogen) atoms. The van der Waals surface area contributed by atoms with Crippen LogP contribution in [0.1, 0.15) is 0 Å². The highest BCUT2D eigenvalue weighted by atomic mass is 16.3. The van der Waals surface area contributed by atoms with Crippen LogP contribution in [-0.4, -0.2) is 0 Å². The van der Waals surface area contributed by atoms with Crippen LogP contribution in [0.25, 0.3) is 65.8 Å². The van der Waals surface area contributed by atoms with Crippen molar-refractivity contribution in [2.24, 2.45) is 0 Å². The van der Waals surface area contributed by atoms with Crippen LogP contribution in [0.5, 0.6) is 0 Å². The molecule has 6 aromatic carbocycles. The quantitative estimate of drug-likeness (QED) is 0.276. The molecule has 0 aliphatic heterocycles. The molecule has 0 atom stereocenters. The molecule has 2 aromatic heterocycles. The summed E-state index contributed by atoms with van der Waals surface area (Å²) < 4.78 is 12.6. The third-order valence-electron chi connectivity index (χ3n) is 7.22. The van der Waals surface area contributed by atoms with Gasteiger partial charge in [0, 0.05) is 21.8 Å². The van der Waals surface area contributed by atoms with E-state index in [1.807, 2.05) is 42.5 Å². The van der Waals surface area contributed by atoms with E-state index in [1.165, 1.54) is 5.39 Å². The molecule has 0 aliphatic rings. The third kappa shape index (κ3) is 3.14. The lowest BCUT2D eigenvalue weighted by Crippen LogP contribution is -1.92. The van der Waals surface area contributed by atoms with Gasteiger partial charge >= 0.3 is 0 Å². The van der Waals surface area contributed by atoms with Gasteiger partial charge in [-0.05, 0) is 70.4 Å². The zero-order valence-corrected chi connectivity index (χ0v) is 19.9. The van der Waals surface area contributed by atoms with Crippen molar-refractivity contribution in [3.63, 3.8) is 0 Å². The molecule has 0 saturated heterocycles. The smallest absolute Gasteiger partial charge is 0.138 e. The van der Waals surface area contributed by atoms with Gasteiger partial charge in [0.1, 0.15) is 22.3 Å². The number of fused-ring (bicyclic) bond motifs is 7. The van der Waals surface area contributed by atoms with Gasteiger partial charge in [0.25, 0.3) is 0 Å². The molecule has 8 rings (SSSR count). The van der Waals surface area contributed by atoms with Gasteiger partial charge in [0.2, 0.25) is 0 Å². The lowest BCUT2D eigenvalue weighted by molar-refractivity contribution is 0.669. The summed E-state index contributed by atoms with van der Waals surface area (Å²) >= 11 is 0. The van der Waals surface area contributed by atoms with Crippen LogP contribution in [0, 0.1) is 0 Å². The number of para-hydroxylation sites is 3. The van der Waals surface area contributed by atoms with Gasteiger partial charge in [0.15, 0.2) is 0 Å². The second-order valence-electron chi connectivity index (χ2n) is 9.46. The summed E-state index contributed by atoms with van der Waals surface area (Å²) in [6.45, 7) is 0. The van der Waals surface area contributed by atoms with E-state index < -0.39 is 0 Å². The molecular formula is C34H21NO2. The largest absolute Gasteiger partial charge is 0.456 e. The van der Waals surface area contributed by atoms with Crippen LogP contribution in [0.15, 0.2) is 130 Å². The van der Waals surface area contributed by atoms with E-state index in [0.717, 1.165) is 71.8 Å². The summed E-state index contributed by atoms with van der Waals surface area (Å²) in [6, 6.07) is 42.0. The van der Waals surface area contributed by atoms with Crippen LogP contribution in [0.4, 0.5) is 11.4 Å². The topological polar surface area (TPSA) is 38.3 Å². The van der Waals surface area contributed by atoms with E-state index in [1.54, 1.807) is 0 Å².